The quantitative estimate of drug-likeness (QED) is 0.481. The van der Waals surface area contributed by atoms with Gasteiger partial charge < -0.3 is 0 Å². The van der Waals surface area contributed by atoms with E-state index in [0.29, 0.717) is 0 Å². The maximum atomic E-state index is 4.75. The van der Waals surface area contributed by atoms with Gasteiger partial charge in [0.2, 0.25) is 0 Å². The molecule has 0 radical (unpaired) electrons. The zero-order valence-electron chi connectivity index (χ0n) is 5.06. The summed E-state index contributed by atoms with van der Waals surface area (Å²) in [6.45, 7) is 5.51. The molecular weight excluding hydrogens is 90.1 g/mol. The Morgan fingerprint density at radius 3 is 2.14 bits per heavy atom. The van der Waals surface area contributed by atoms with Crippen LogP contribution in [-0.4, -0.2) is 19.2 Å². The number of rotatable bonds is 2. The van der Waals surface area contributed by atoms with Crippen molar-refractivity contribution in [2.45, 2.75) is 6.92 Å². The highest BCUT2D eigenvalue weighted by atomic mass is 16.7. The van der Waals surface area contributed by atoms with Gasteiger partial charge in [-0.3, -0.25) is 9.90 Å². The van der Waals surface area contributed by atoms with E-state index < -0.39 is 0 Å². The Kier molecular flexibility index (Phi) is 2.45. The standard InChI is InChI=1S/C5H11NO/c1-5(2)6(3)7-4/h1H2,2-4H3. The maximum absolute atomic E-state index is 4.75. The Labute approximate surface area is 44.3 Å². The lowest BCUT2D eigenvalue weighted by Gasteiger charge is -2.13. The van der Waals surface area contributed by atoms with Crippen LogP contribution >= 0.6 is 0 Å². The highest BCUT2D eigenvalue weighted by Crippen LogP contribution is 1.92. The van der Waals surface area contributed by atoms with Gasteiger partial charge in [0, 0.05) is 12.7 Å². The van der Waals surface area contributed by atoms with Gasteiger partial charge in [-0.2, -0.15) is 0 Å². The van der Waals surface area contributed by atoms with Crippen LogP contribution in [-0.2, 0) is 4.84 Å². The minimum atomic E-state index is 0.905. The molecule has 2 nitrogen and oxygen atoms in total. The molecule has 0 aromatic rings. The molecule has 0 atom stereocenters. The normalized spacial score (nSPS) is 8.43. The van der Waals surface area contributed by atoms with Crippen LogP contribution in [0.1, 0.15) is 6.92 Å². The predicted molar refractivity (Wildman–Crippen MR) is 29.6 cm³/mol. The molecular formula is C5H11NO. The van der Waals surface area contributed by atoms with E-state index in [1.165, 1.54) is 0 Å². The molecule has 0 bridgehead atoms. The second-order valence-electron chi connectivity index (χ2n) is 1.42. The summed E-state index contributed by atoms with van der Waals surface area (Å²) >= 11 is 0. The second-order valence-corrected chi connectivity index (χ2v) is 1.42. The van der Waals surface area contributed by atoms with Crippen molar-refractivity contribution < 1.29 is 4.84 Å². The summed E-state index contributed by atoms with van der Waals surface area (Å²) in [6, 6.07) is 0. The Balaban J connectivity index is 3.34. The molecule has 2 heteroatoms. The van der Waals surface area contributed by atoms with Crippen molar-refractivity contribution in [1.82, 2.24) is 5.06 Å². The Bertz CT molecular complexity index is 70.5. The van der Waals surface area contributed by atoms with Crippen molar-refractivity contribution in [3.63, 3.8) is 0 Å². The lowest BCUT2D eigenvalue weighted by atomic mass is 10.6. The number of allylic oxidation sites excluding steroid dienone is 1. The molecule has 0 heterocycles. The van der Waals surface area contributed by atoms with Gasteiger partial charge in [-0.05, 0) is 6.92 Å². The SMILES string of the molecule is C=C(C)N(C)OC. The van der Waals surface area contributed by atoms with E-state index in [9.17, 15) is 0 Å². The Morgan fingerprint density at radius 1 is 1.71 bits per heavy atom. The number of hydroxylamine groups is 2. The van der Waals surface area contributed by atoms with E-state index in [0.717, 1.165) is 5.70 Å². The first kappa shape index (κ1) is 6.50. The second kappa shape index (κ2) is 2.64. The summed E-state index contributed by atoms with van der Waals surface area (Å²) in [5.74, 6) is 0. The Morgan fingerprint density at radius 2 is 2.14 bits per heavy atom. The van der Waals surface area contributed by atoms with Crippen LogP contribution in [0.2, 0.25) is 0 Å². The number of nitrogens with zero attached hydrogens (tertiary/aromatic N) is 1. The van der Waals surface area contributed by atoms with E-state index in [1.807, 2.05) is 14.0 Å². The first-order valence-electron chi connectivity index (χ1n) is 2.12. The number of hydrogen-bond acceptors (Lipinski definition) is 2. The summed E-state index contributed by atoms with van der Waals surface area (Å²) in [6.07, 6.45) is 0. The molecule has 0 amide bonds. The molecule has 0 unspecified atom stereocenters. The smallest absolute Gasteiger partial charge is 0.0638 e. The highest BCUT2D eigenvalue weighted by Gasteiger charge is 1.87. The minimum absolute atomic E-state index is 0.905. The first-order chi connectivity index (χ1) is 3.18. The number of hydrogen-bond donors (Lipinski definition) is 0. The van der Waals surface area contributed by atoms with Crippen LogP contribution in [0.15, 0.2) is 12.3 Å². The molecule has 0 aliphatic carbocycles. The van der Waals surface area contributed by atoms with Gasteiger partial charge in [0.15, 0.2) is 0 Å². The third-order valence-electron chi connectivity index (χ3n) is 0.811. The minimum Gasteiger partial charge on any atom is -0.277 e. The summed E-state index contributed by atoms with van der Waals surface area (Å²) in [7, 11) is 3.41. The zero-order valence-corrected chi connectivity index (χ0v) is 5.06. The van der Waals surface area contributed by atoms with E-state index in [1.54, 1.807) is 12.2 Å². The van der Waals surface area contributed by atoms with Gasteiger partial charge in [-0.15, -0.1) is 0 Å². The van der Waals surface area contributed by atoms with E-state index in [4.69, 9.17) is 4.84 Å². The van der Waals surface area contributed by atoms with Gasteiger partial charge in [-0.1, -0.05) is 6.58 Å². The molecule has 7 heavy (non-hydrogen) atoms. The molecule has 0 aromatic heterocycles. The Hall–Kier alpha value is -0.500. The molecule has 0 rings (SSSR count). The molecule has 0 spiro atoms. The van der Waals surface area contributed by atoms with E-state index in [2.05, 4.69) is 6.58 Å². The van der Waals surface area contributed by atoms with Crippen LogP contribution in [0.4, 0.5) is 0 Å². The van der Waals surface area contributed by atoms with Crippen molar-refractivity contribution in [3.05, 3.63) is 12.3 Å². The topological polar surface area (TPSA) is 12.5 Å². The monoisotopic (exact) mass is 101 g/mol. The third-order valence-corrected chi connectivity index (χ3v) is 0.811. The van der Waals surface area contributed by atoms with Crippen molar-refractivity contribution in [3.8, 4) is 0 Å². The fourth-order valence-electron chi connectivity index (χ4n) is 0.156. The van der Waals surface area contributed by atoms with E-state index >= 15 is 0 Å². The summed E-state index contributed by atoms with van der Waals surface area (Å²) < 4.78 is 0. The van der Waals surface area contributed by atoms with Crippen molar-refractivity contribution in [2.24, 2.45) is 0 Å². The van der Waals surface area contributed by atoms with Crippen LogP contribution in [0.3, 0.4) is 0 Å². The van der Waals surface area contributed by atoms with Crippen molar-refractivity contribution in [1.29, 1.82) is 0 Å². The van der Waals surface area contributed by atoms with Crippen LogP contribution in [0, 0.1) is 0 Å². The molecule has 0 fully saturated rings. The lowest BCUT2D eigenvalue weighted by molar-refractivity contribution is -0.0764. The fraction of sp³-hybridized carbons (Fsp3) is 0.600. The summed E-state index contributed by atoms with van der Waals surface area (Å²) in [4.78, 5) is 4.75. The first-order valence-corrected chi connectivity index (χ1v) is 2.12. The summed E-state index contributed by atoms with van der Waals surface area (Å²) in [5, 5.41) is 1.60. The average molecular weight is 101 g/mol. The van der Waals surface area contributed by atoms with Crippen LogP contribution < -0.4 is 0 Å². The molecule has 0 saturated carbocycles. The molecule has 0 N–H and O–H groups in total. The van der Waals surface area contributed by atoms with Gasteiger partial charge >= 0.3 is 0 Å². The van der Waals surface area contributed by atoms with Gasteiger partial charge in [0.05, 0.1) is 7.11 Å². The molecule has 42 valence electrons. The molecule has 0 aliphatic rings. The average Bonchev–Trinajstić information content (AvgIpc) is 1.65. The zero-order chi connectivity index (χ0) is 5.86. The van der Waals surface area contributed by atoms with Crippen molar-refractivity contribution in [2.75, 3.05) is 14.2 Å². The van der Waals surface area contributed by atoms with Crippen LogP contribution in [0.5, 0.6) is 0 Å². The third kappa shape index (κ3) is 2.23. The molecule has 0 saturated heterocycles. The van der Waals surface area contributed by atoms with Crippen molar-refractivity contribution >= 4 is 0 Å². The van der Waals surface area contributed by atoms with Crippen LogP contribution in [0.25, 0.3) is 0 Å². The van der Waals surface area contributed by atoms with Gasteiger partial charge in [0.1, 0.15) is 0 Å². The van der Waals surface area contributed by atoms with E-state index in [-0.39, 0.29) is 0 Å². The van der Waals surface area contributed by atoms with Gasteiger partial charge in [-0.25, -0.2) is 0 Å². The fourth-order valence-corrected chi connectivity index (χ4v) is 0.156. The lowest BCUT2D eigenvalue weighted by Crippen LogP contribution is -2.12. The maximum Gasteiger partial charge on any atom is 0.0638 e. The molecule has 0 aromatic carbocycles. The van der Waals surface area contributed by atoms with Gasteiger partial charge in [0.25, 0.3) is 0 Å². The highest BCUT2D eigenvalue weighted by molar-refractivity contribution is 4.80. The predicted octanol–water partition coefficient (Wildman–Crippen LogP) is 1.01. The largest absolute Gasteiger partial charge is 0.277 e. The summed E-state index contributed by atoms with van der Waals surface area (Å²) in [5.41, 5.74) is 0.905. The molecule has 0 aliphatic heterocycles.